The molecule has 2 aliphatic rings. The number of fused-ring (bicyclic) bond motifs is 1. The summed E-state index contributed by atoms with van der Waals surface area (Å²) in [6.45, 7) is 9.18. The van der Waals surface area contributed by atoms with Gasteiger partial charge in [0.1, 0.15) is 0 Å². The number of nitrogen functional groups attached to an aromatic ring is 1. The van der Waals surface area contributed by atoms with Crippen LogP contribution in [-0.2, 0) is 12.8 Å². The Kier molecular flexibility index (Phi) is 5.54. The number of rotatable bonds is 4. The van der Waals surface area contributed by atoms with E-state index in [4.69, 9.17) is 5.73 Å². The number of nitrogens with two attached hydrogens (primary N) is 1. The minimum Gasteiger partial charge on any atom is -0.399 e. The zero-order chi connectivity index (χ0) is 22.2. The Bertz CT molecular complexity index is 975. The number of carbonyl (C=O) groups is 1. The summed E-state index contributed by atoms with van der Waals surface area (Å²) in [5.41, 5.74) is 11.2. The number of carbonyl (C=O) groups excluding carboxylic acids is 1. The van der Waals surface area contributed by atoms with Crippen LogP contribution < -0.4 is 11.1 Å². The Hall–Kier alpha value is -2.82. The maximum Gasteiger partial charge on any atom is 0.342 e. The quantitative estimate of drug-likeness (QED) is 0.612. The highest BCUT2D eigenvalue weighted by Gasteiger charge is 2.42. The van der Waals surface area contributed by atoms with Gasteiger partial charge < -0.3 is 11.1 Å². The molecule has 4 rings (SSSR count). The summed E-state index contributed by atoms with van der Waals surface area (Å²) in [5.74, 6) is 0. The van der Waals surface area contributed by atoms with Crippen LogP contribution in [0.4, 0.5) is 16.2 Å². The van der Waals surface area contributed by atoms with E-state index in [-0.39, 0.29) is 22.9 Å². The standard InChI is InChI=1S/C26H34N4O/c1-25(2)14-22(15-26(3,4)17-25)30-24(31)29-23-13-19(7-10-20(23)16-28-30)6-5-18-8-11-21(27)12-9-18/h7-13,16,22H,5-6,14-15,17,27H2,1-4H3,(H,29,31). The number of hydrogen-bond acceptors (Lipinski definition) is 3. The third kappa shape index (κ3) is 5.09. The van der Waals surface area contributed by atoms with Crippen LogP contribution in [0, 0.1) is 10.8 Å². The maximum atomic E-state index is 13.1. The van der Waals surface area contributed by atoms with Crippen molar-refractivity contribution in [1.82, 2.24) is 5.01 Å². The third-order valence-electron chi connectivity index (χ3n) is 6.45. The van der Waals surface area contributed by atoms with Crippen LogP contribution in [0.3, 0.4) is 0 Å². The van der Waals surface area contributed by atoms with E-state index in [9.17, 15) is 4.79 Å². The van der Waals surface area contributed by atoms with Crippen molar-refractivity contribution in [2.24, 2.45) is 15.9 Å². The number of amides is 2. The predicted molar refractivity (Wildman–Crippen MR) is 128 cm³/mol. The lowest BCUT2D eigenvalue weighted by atomic mass is 9.63. The van der Waals surface area contributed by atoms with E-state index >= 15 is 0 Å². The summed E-state index contributed by atoms with van der Waals surface area (Å²) in [6, 6.07) is 14.2. The molecule has 0 spiro atoms. The number of hydrogen-bond donors (Lipinski definition) is 2. The molecule has 0 bridgehead atoms. The molecule has 2 amide bonds. The van der Waals surface area contributed by atoms with E-state index in [1.807, 2.05) is 18.3 Å². The highest BCUT2D eigenvalue weighted by molar-refractivity contribution is 5.99. The van der Waals surface area contributed by atoms with Crippen molar-refractivity contribution in [1.29, 1.82) is 0 Å². The van der Waals surface area contributed by atoms with Gasteiger partial charge in [0.15, 0.2) is 0 Å². The second-order valence-corrected chi connectivity index (χ2v) is 10.7. The first-order valence-corrected chi connectivity index (χ1v) is 11.2. The molecule has 0 unspecified atom stereocenters. The average molecular weight is 419 g/mol. The first kappa shape index (κ1) is 21.4. The molecule has 164 valence electrons. The molecule has 0 radical (unpaired) electrons. The Morgan fingerprint density at radius 3 is 2.29 bits per heavy atom. The van der Waals surface area contributed by atoms with Crippen molar-refractivity contribution in [3.05, 3.63) is 59.2 Å². The lowest BCUT2D eigenvalue weighted by molar-refractivity contribution is 0.0436. The third-order valence-corrected chi connectivity index (χ3v) is 6.45. The molecule has 3 N–H and O–H groups in total. The van der Waals surface area contributed by atoms with Gasteiger partial charge in [-0.25, -0.2) is 9.80 Å². The highest BCUT2D eigenvalue weighted by atomic mass is 16.2. The van der Waals surface area contributed by atoms with Gasteiger partial charge in [-0.05, 0) is 72.3 Å². The predicted octanol–water partition coefficient (Wildman–Crippen LogP) is 5.84. The van der Waals surface area contributed by atoms with E-state index in [0.29, 0.717) is 0 Å². The smallest absolute Gasteiger partial charge is 0.342 e. The topological polar surface area (TPSA) is 70.7 Å². The molecule has 1 saturated carbocycles. The van der Waals surface area contributed by atoms with Gasteiger partial charge in [-0.3, -0.25) is 0 Å². The maximum absolute atomic E-state index is 13.1. The Balaban J connectivity index is 1.48. The first-order chi connectivity index (χ1) is 14.6. The Morgan fingerprint density at radius 1 is 1.00 bits per heavy atom. The average Bonchev–Trinajstić information content (AvgIpc) is 2.83. The van der Waals surface area contributed by atoms with Crippen LogP contribution in [0.2, 0.25) is 0 Å². The summed E-state index contributed by atoms with van der Waals surface area (Å²) in [7, 11) is 0. The van der Waals surface area contributed by atoms with Crippen molar-refractivity contribution >= 4 is 23.6 Å². The summed E-state index contributed by atoms with van der Waals surface area (Å²) >= 11 is 0. The van der Waals surface area contributed by atoms with Gasteiger partial charge in [0.05, 0.1) is 17.9 Å². The van der Waals surface area contributed by atoms with Gasteiger partial charge in [0.2, 0.25) is 0 Å². The molecule has 0 aromatic heterocycles. The number of nitrogens with one attached hydrogen (secondary N) is 1. The number of benzene rings is 2. The van der Waals surface area contributed by atoms with Gasteiger partial charge >= 0.3 is 6.03 Å². The van der Waals surface area contributed by atoms with Gasteiger partial charge in [-0.1, -0.05) is 52.0 Å². The SMILES string of the molecule is CC1(C)CC(N2N=Cc3ccc(CCc4ccc(N)cc4)cc3NC2=O)CC(C)(C)C1. The molecular weight excluding hydrogens is 384 g/mol. The van der Waals surface area contributed by atoms with E-state index in [1.165, 1.54) is 11.1 Å². The molecule has 1 aliphatic heterocycles. The molecule has 5 nitrogen and oxygen atoms in total. The van der Waals surface area contributed by atoms with Crippen molar-refractivity contribution < 1.29 is 4.79 Å². The lowest BCUT2D eigenvalue weighted by Crippen LogP contribution is -2.47. The fraction of sp³-hybridized carbons (Fsp3) is 0.462. The second-order valence-electron chi connectivity index (χ2n) is 10.7. The zero-order valence-corrected chi connectivity index (χ0v) is 19.1. The van der Waals surface area contributed by atoms with Crippen molar-refractivity contribution in [3.8, 4) is 0 Å². The number of urea groups is 1. The van der Waals surface area contributed by atoms with E-state index in [2.05, 4.69) is 68.4 Å². The molecule has 5 heteroatoms. The van der Waals surface area contributed by atoms with Crippen LogP contribution in [0.5, 0.6) is 0 Å². The fourth-order valence-electron chi connectivity index (χ4n) is 5.52. The largest absolute Gasteiger partial charge is 0.399 e. The Morgan fingerprint density at radius 2 is 1.61 bits per heavy atom. The normalized spacial score (nSPS) is 20.1. The summed E-state index contributed by atoms with van der Waals surface area (Å²) < 4.78 is 0. The van der Waals surface area contributed by atoms with E-state index in [0.717, 1.165) is 49.0 Å². The van der Waals surface area contributed by atoms with E-state index in [1.54, 1.807) is 5.01 Å². The molecule has 1 heterocycles. The molecule has 0 atom stereocenters. The number of anilines is 2. The highest BCUT2D eigenvalue weighted by Crippen LogP contribution is 2.47. The van der Waals surface area contributed by atoms with Gasteiger partial charge in [0.25, 0.3) is 0 Å². The number of aryl methyl sites for hydroxylation is 2. The van der Waals surface area contributed by atoms with Crippen LogP contribution >= 0.6 is 0 Å². The molecule has 0 saturated heterocycles. The molecule has 31 heavy (non-hydrogen) atoms. The summed E-state index contributed by atoms with van der Waals surface area (Å²) in [4.78, 5) is 13.1. The lowest BCUT2D eigenvalue weighted by Gasteiger charge is -2.46. The van der Waals surface area contributed by atoms with Crippen molar-refractivity contribution in [2.45, 2.75) is 65.8 Å². The van der Waals surface area contributed by atoms with Crippen molar-refractivity contribution in [3.63, 3.8) is 0 Å². The fourth-order valence-corrected chi connectivity index (χ4v) is 5.52. The van der Waals surface area contributed by atoms with Crippen LogP contribution in [0.25, 0.3) is 0 Å². The van der Waals surface area contributed by atoms with Crippen LogP contribution in [0.15, 0.2) is 47.6 Å². The summed E-state index contributed by atoms with van der Waals surface area (Å²) in [6.07, 6.45) is 6.74. The number of hydrazone groups is 1. The molecule has 1 aliphatic carbocycles. The molecule has 1 fully saturated rings. The van der Waals surface area contributed by atoms with Gasteiger partial charge in [0, 0.05) is 11.3 Å². The minimum absolute atomic E-state index is 0.106. The summed E-state index contributed by atoms with van der Waals surface area (Å²) in [5, 5.41) is 9.41. The van der Waals surface area contributed by atoms with Crippen molar-refractivity contribution in [2.75, 3.05) is 11.1 Å². The second kappa shape index (κ2) is 8.03. The zero-order valence-electron chi connectivity index (χ0n) is 19.1. The molecule has 2 aromatic rings. The van der Waals surface area contributed by atoms with Crippen LogP contribution in [-0.4, -0.2) is 23.3 Å². The number of nitrogens with zero attached hydrogens (tertiary/aromatic N) is 2. The van der Waals surface area contributed by atoms with Gasteiger partial charge in [-0.15, -0.1) is 0 Å². The van der Waals surface area contributed by atoms with Gasteiger partial charge in [-0.2, -0.15) is 5.10 Å². The minimum atomic E-state index is -0.135. The first-order valence-electron chi connectivity index (χ1n) is 11.2. The molecular formula is C26H34N4O. The molecule has 2 aromatic carbocycles. The van der Waals surface area contributed by atoms with E-state index < -0.39 is 0 Å². The van der Waals surface area contributed by atoms with Crippen LogP contribution in [0.1, 0.15) is 63.6 Å². The monoisotopic (exact) mass is 418 g/mol. The Labute approximate surface area is 185 Å².